The molecule has 2 aromatic carbocycles. The average molecular weight is 348 g/mol. The van der Waals surface area contributed by atoms with Crippen LogP contribution in [0.15, 0.2) is 53.0 Å². The Balaban J connectivity index is 1.83. The zero-order chi connectivity index (χ0) is 14.8. The Hall–Kier alpha value is -1.19. The maximum Gasteiger partial charge on any atom is 0.124 e. The van der Waals surface area contributed by atoms with Gasteiger partial charge in [-0.2, -0.15) is 0 Å². The summed E-state index contributed by atoms with van der Waals surface area (Å²) in [4.78, 5) is 0. The standard InChI is InChI=1S/C18H19BrFN/c1-2-21-18(14-9-8-13(20)10-17(14)19)16-11-15(16)12-6-4-3-5-7-12/h3-10,15-16,18,21H,2,11H2,1H3. The maximum atomic E-state index is 13.3. The van der Waals surface area contributed by atoms with Crippen molar-refractivity contribution in [1.82, 2.24) is 5.32 Å². The number of nitrogens with one attached hydrogen (secondary N) is 1. The van der Waals surface area contributed by atoms with E-state index in [9.17, 15) is 4.39 Å². The van der Waals surface area contributed by atoms with E-state index in [0.29, 0.717) is 11.8 Å². The number of hydrogen-bond donors (Lipinski definition) is 1. The van der Waals surface area contributed by atoms with Crippen molar-refractivity contribution in [2.75, 3.05) is 6.54 Å². The largest absolute Gasteiger partial charge is 0.310 e. The van der Waals surface area contributed by atoms with Gasteiger partial charge in [0.1, 0.15) is 5.82 Å². The van der Waals surface area contributed by atoms with Gasteiger partial charge in [0.25, 0.3) is 0 Å². The first-order valence-corrected chi connectivity index (χ1v) is 8.23. The molecule has 0 spiro atoms. The second-order valence-corrected chi connectivity index (χ2v) is 6.47. The molecule has 0 saturated heterocycles. The minimum absolute atomic E-state index is 0.198. The van der Waals surface area contributed by atoms with Gasteiger partial charge in [-0.3, -0.25) is 0 Å². The minimum Gasteiger partial charge on any atom is -0.310 e. The van der Waals surface area contributed by atoms with E-state index in [1.165, 1.54) is 12.0 Å². The molecule has 21 heavy (non-hydrogen) atoms. The van der Waals surface area contributed by atoms with E-state index >= 15 is 0 Å². The van der Waals surface area contributed by atoms with E-state index in [-0.39, 0.29) is 11.9 Å². The van der Waals surface area contributed by atoms with Gasteiger partial charge in [0, 0.05) is 10.5 Å². The molecule has 3 rings (SSSR count). The SMILES string of the molecule is CCNC(c1ccc(F)cc1Br)C1CC1c1ccccc1. The van der Waals surface area contributed by atoms with Gasteiger partial charge in [-0.05, 0) is 48.1 Å². The van der Waals surface area contributed by atoms with Crippen LogP contribution < -0.4 is 5.32 Å². The average Bonchev–Trinajstić information content (AvgIpc) is 3.27. The molecule has 1 nitrogen and oxygen atoms in total. The monoisotopic (exact) mass is 347 g/mol. The molecule has 1 N–H and O–H groups in total. The first kappa shape index (κ1) is 14.7. The van der Waals surface area contributed by atoms with E-state index in [0.717, 1.165) is 16.6 Å². The predicted molar refractivity (Wildman–Crippen MR) is 87.8 cm³/mol. The lowest BCUT2D eigenvalue weighted by atomic mass is 9.98. The van der Waals surface area contributed by atoms with Crippen LogP contribution in [0.4, 0.5) is 4.39 Å². The molecule has 1 aliphatic rings. The summed E-state index contributed by atoms with van der Waals surface area (Å²) in [5, 5.41) is 3.57. The van der Waals surface area contributed by atoms with E-state index in [4.69, 9.17) is 0 Å². The second kappa shape index (κ2) is 6.29. The number of halogens is 2. The van der Waals surface area contributed by atoms with E-state index in [2.05, 4.69) is 58.5 Å². The Morgan fingerprint density at radius 2 is 2.00 bits per heavy atom. The molecule has 0 aliphatic heterocycles. The summed E-state index contributed by atoms with van der Waals surface area (Å²) < 4.78 is 14.2. The van der Waals surface area contributed by atoms with Crippen molar-refractivity contribution in [2.24, 2.45) is 5.92 Å². The Morgan fingerprint density at radius 3 is 2.67 bits per heavy atom. The first-order valence-electron chi connectivity index (χ1n) is 7.44. The molecule has 0 amide bonds. The van der Waals surface area contributed by atoms with E-state index < -0.39 is 0 Å². The van der Waals surface area contributed by atoms with Gasteiger partial charge in [0.05, 0.1) is 0 Å². The normalized spacial score (nSPS) is 22.0. The Labute approximate surface area is 133 Å². The molecule has 3 heteroatoms. The third kappa shape index (κ3) is 3.19. The van der Waals surface area contributed by atoms with Crippen molar-refractivity contribution in [3.05, 3.63) is 69.9 Å². The highest BCUT2D eigenvalue weighted by Gasteiger charge is 2.44. The van der Waals surface area contributed by atoms with Crippen molar-refractivity contribution in [1.29, 1.82) is 0 Å². The zero-order valence-electron chi connectivity index (χ0n) is 12.0. The van der Waals surface area contributed by atoms with E-state index in [1.807, 2.05) is 6.07 Å². The molecule has 1 saturated carbocycles. The highest BCUT2D eigenvalue weighted by molar-refractivity contribution is 9.10. The van der Waals surface area contributed by atoms with Crippen LogP contribution >= 0.6 is 15.9 Å². The Morgan fingerprint density at radius 1 is 1.24 bits per heavy atom. The summed E-state index contributed by atoms with van der Waals surface area (Å²) in [6, 6.07) is 15.9. The summed E-state index contributed by atoms with van der Waals surface area (Å²) in [5.74, 6) is 0.984. The number of rotatable bonds is 5. The van der Waals surface area contributed by atoms with Crippen molar-refractivity contribution in [2.45, 2.75) is 25.3 Å². The predicted octanol–water partition coefficient (Wildman–Crippen LogP) is 5.04. The fraction of sp³-hybridized carbons (Fsp3) is 0.333. The topological polar surface area (TPSA) is 12.0 Å². The summed E-state index contributed by atoms with van der Waals surface area (Å²) in [7, 11) is 0. The lowest BCUT2D eigenvalue weighted by molar-refractivity contribution is 0.484. The Bertz CT molecular complexity index is 614. The highest BCUT2D eigenvalue weighted by atomic mass is 79.9. The third-order valence-corrected chi connectivity index (χ3v) is 4.90. The van der Waals surface area contributed by atoms with Crippen LogP contribution in [0.25, 0.3) is 0 Å². The highest BCUT2D eigenvalue weighted by Crippen LogP contribution is 2.54. The first-order chi connectivity index (χ1) is 10.2. The molecule has 3 atom stereocenters. The molecular weight excluding hydrogens is 329 g/mol. The molecule has 0 radical (unpaired) electrons. The molecule has 1 fully saturated rings. The van der Waals surface area contributed by atoms with Gasteiger partial charge in [-0.25, -0.2) is 4.39 Å². The summed E-state index contributed by atoms with van der Waals surface area (Å²) >= 11 is 3.51. The molecule has 1 aliphatic carbocycles. The fourth-order valence-electron chi connectivity index (χ4n) is 3.13. The van der Waals surface area contributed by atoms with Gasteiger partial charge in [-0.15, -0.1) is 0 Å². The molecule has 0 aromatic heterocycles. The van der Waals surface area contributed by atoms with Gasteiger partial charge < -0.3 is 5.32 Å². The van der Waals surface area contributed by atoms with Crippen LogP contribution in [-0.2, 0) is 0 Å². The van der Waals surface area contributed by atoms with Crippen LogP contribution in [0.3, 0.4) is 0 Å². The smallest absolute Gasteiger partial charge is 0.124 e. The summed E-state index contributed by atoms with van der Waals surface area (Å²) in [6.45, 7) is 3.02. The number of hydrogen-bond acceptors (Lipinski definition) is 1. The lowest BCUT2D eigenvalue weighted by Crippen LogP contribution is -2.23. The number of benzene rings is 2. The summed E-state index contributed by atoms with van der Waals surface area (Å²) in [6.07, 6.45) is 1.19. The van der Waals surface area contributed by atoms with Crippen LogP contribution in [0, 0.1) is 11.7 Å². The van der Waals surface area contributed by atoms with Gasteiger partial charge in [-0.1, -0.05) is 59.3 Å². The van der Waals surface area contributed by atoms with Gasteiger partial charge in [0.15, 0.2) is 0 Å². The van der Waals surface area contributed by atoms with Gasteiger partial charge in [0.2, 0.25) is 0 Å². The van der Waals surface area contributed by atoms with Crippen molar-refractivity contribution < 1.29 is 4.39 Å². The molecule has 0 bridgehead atoms. The van der Waals surface area contributed by atoms with Crippen molar-refractivity contribution in [3.8, 4) is 0 Å². The third-order valence-electron chi connectivity index (χ3n) is 4.22. The van der Waals surface area contributed by atoms with E-state index in [1.54, 1.807) is 12.1 Å². The van der Waals surface area contributed by atoms with Crippen LogP contribution in [0.2, 0.25) is 0 Å². The molecule has 110 valence electrons. The molecular formula is C18H19BrFN. The quantitative estimate of drug-likeness (QED) is 0.798. The molecule has 2 aromatic rings. The van der Waals surface area contributed by atoms with Crippen LogP contribution in [0.1, 0.15) is 36.4 Å². The molecule has 0 heterocycles. The minimum atomic E-state index is -0.198. The fourth-order valence-corrected chi connectivity index (χ4v) is 3.73. The van der Waals surface area contributed by atoms with Crippen molar-refractivity contribution in [3.63, 3.8) is 0 Å². The van der Waals surface area contributed by atoms with Crippen LogP contribution in [0.5, 0.6) is 0 Å². The van der Waals surface area contributed by atoms with Gasteiger partial charge >= 0.3 is 0 Å². The van der Waals surface area contributed by atoms with Crippen LogP contribution in [-0.4, -0.2) is 6.54 Å². The molecule has 3 unspecified atom stereocenters. The Kier molecular flexibility index (Phi) is 4.41. The summed E-state index contributed by atoms with van der Waals surface area (Å²) in [5.41, 5.74) is 2.56. The van der Waals surface area contributed by atoms with Crippen molar-refractivity contribution >= 4 is 15.9 Å². The maximum absolute atomic E-state index is 13.3. The zero-order valence-corrected chi connectivity index (χ0v) is 13.6. The lowest BCUT2D eigenvalue weighted by Gasteiger charge is -2.20. The second-order valence-electron chi connectivity index (χ2n) is 5.62.